The lowest BCUT2D eigenvalue weighted by atomic mass is 9.93. The fourth-order valence-corrected chi connectivity index (χ4v) is 7.47. The van der Waals surface area contributed by atoms with E-state index >= 15 is 0 Å². The lowest BCUT2D eigenvalue weighted by Gasteiger charge is -2.19. The minimum atomic E-state index is -4.42. The van der Waals surface area contributed by atoms with Gasteiger partial charge in [-0.2, -0.15) is 8.78 Å². The molecule has 55 heavy (non-hydrogen) atoms. The predicted octanol–water partition coefficient (Wildman–Crippen LogP) is 12.3. The lowest BCUT2D eigenvalue weighted by molar-refractivity contribution is -0.148. The van der Waals surface area contributed by atoms with Crippen LogP contribution in [-0.4, -0.2) is 41.0 Å². The van der Waals surface area contributed by atoms with Crippen LogP contribution in [0.3, 0.4) is 0 Å². The van der Waals surface area contributed by atoms with Gasteiger partial charge in [0.15, 0.2) is 12.4 Å². The van der Waals surface area contributed by atoms with Crippen LogP contribution >= 0.6 is 23.2 Å². The molecular formula is C43H38Cl2F4N2O4. The van der Waals surface area contributed by atoms with Crippen LogP contribution in [0, 0.1) is 5.92 Å². The molecule has 1 unspecified atom stereocenters. The zero-order valence-corrected chi connectivity index (χ0v) is 31.9. The largest absolute Gasteiger partial charge is 0.486 e. The van der Waals surface area contributed by atoms with Gasteiger partial charge in [0.25, 0.3) is 0 Å². The fraction of sp³-hybridized carbons (Fsp3) is 0.279. The Bertz CT molecular complexity index is 2410. The highest BCUT2D eigenvalue weighted by atomic mass is 35.5. The summed E-state index contributed by atoms with van der Waals surface area (Å²) in [7, 11) is 0. The topological polar surface area (TPSA) is 69.9 Å². The predicted molar refractivity (Wildman–Crippen MR) is 210 cm³/mol. The number of alkyl halides is 4. The smallest absolute Gasteiger partial charge is 0.340 e. The fourth-order valence-electron chi connectivity index (χ4n) is 6.91. The zero-order valence-electron chi connectivity index (χ0n) is 30.4. The maximum Gasteiger partial charge on any atom is 0.340 e. The van der Waals surface area contributed by atoms with E-state index in [1.54, 1.807) is 30.3 Å². The summed E-state index contributed by atoms with van der Waals surface area (Å²) in [5.74, 6) is -5.35. The second kappa shape index (κ2) is 16.8. The van der Waals surface area contributed by atoms with Crippen LogP contribution in [0.15, 0.2) is 96.2 Å². The van der Waals surface area contributed by atoms with E-state index in [4.69, 9.17) is 32.8 Å². The number of hydrogen-bond acceptors (Lipinski definition) is 5. The Labute approximate surface area is 325 Å². The average molecular weight is 794 g/mol. The molecule has 0 aliphatic rings. The van der Waals surface area contributed by atoms with Gasteiger partial charge in [-0.25, -0.2) is 13.6 Å². The van der Waals surface area contributed by atoms with Crippen LogP contribution in [0.25, 0.3) is 32.6 Å². The van der Waals surface area contributed by atoms with Gasteiger partial charge in [0.1, 0.15) is 11.5 Å². The summed E-state index contributed by atoms with van der Waals surface area (Å²) in [5, 5.41) is 7.55. The molecule has 286 valence electrons. The molecule has 0 saturated carbocycles. The molecule has 1 heterocycles. The van der Waals surface area contributed by atoms with Gasteiger partial charge in [0, 0.05) is 51.8 Å². The number of carbonyl (C=O) groups is 2. The number of fused-ring (bicyclic) bond motifs is 5. The van der Waals surface area contributed by atoms with Gasteiger partial charge < -0.3 is 14.1 Å². The van der Waals surface area contributed by atoms with E-state index in [1.165, 1.54) is 18.2 Å². The first-order chi connectivity index (χ1) is 26.4. The van der Waals surface area contributed by atoms with Gasteiger partial charge in [-0.1, -0.05) is 110 Å². The monoisotopic (exact) mass is 792 g/mol. The van der Waals surface area contributed by atoms with Crippen LogP contribution in [0.4, 0.5) is 17.6 Å². The van der Waals surface area contributed by atoms with Gasteiger partial charge in [-0.15, -0.1) is 0 Å². The summed E-state index contributed by atoms with van der Waals surface area (Å²) in [6, 6.07) is 25.8. The number of rotatable bonds is 15. The van der Waals surface area contributed by atoms with Gasteiger partial charge in [-0.05, 0) is 60.2 Å². The molecule has 6 aromatic rings. The van der Waals surface area contributed by atoms with Crippen LogP contribution in [-0.2, 0) is 16.2 Å². The number of oxime groups is 1. The molecule has 0 aliphatic carbocycles. The molecule has 0 N–H and O–H groups in total. The van der Waals surface area contributed by atoms with Gasteiger partial charge in [-0.3, -0.25) is 4.79 Å². The Balaban J connectivity index is 1.63. The molecule has 0 amide bonds. The lowest BCUT2D eigenvalue weighted by Crippen LogP contribution is -2.34. The molecule has 0 bridgehead atoms. The SMILES string of the molecule is CCCCC(CC)Cn1c2ccc(C(=NOC(C)=O)c3ccccc3OCC(F)(F)C(F)F)cc2c2cc(C(=O)c3c(Cl)cccc3Cl)c3ccccc3c21. The summed E-state index contributed by atoms with van der Waals surface area (Å²) in [6.45, 7) is 4.58. The highest BCUT2D eigenvalue weighted by molar-refractivity contribution is 6.42. The second-order valence-corrected chi connectivity index (χ2v) is 14.2. The molecule has 0 radical (unpaired) electrons. The average Bonchev–Trinajstić information content (AvgIpc) is 3.47. The van der Waals surface area contributed by atoms with E-state index < -0.39 is 24.9 Å². The molecule has 6 nitrogen and oxygen atoms in total. The minimum absolute atomic E-state index is 0.0308. The molecule has 6 rings (SSSR count). The Morgan fingerprint density at radius 3 is 2.20 bits per heavy atom. The minimum Gasteiger partial charge on any atom is -0.486 e. The highest BCUT2D eigenvalue weighted by Gasteiger charge is 2.42. The first-order valence-corrected chi connectivity index (χ1v) is 18.7. The van der Waals surface area contributed by atoms with E-state index in [-0.39, 0.29) is 38.4 Å². The number of unbranched alkanes of at least 4 members (excludes halogenated alkanes) is 1. The molecule has 0 aliphatic heterocycles. The Morgan fingerprint density at radius 1 is 0.836 bits per heavy atom. The summed E-state index contributed by atoms with van der Waals surface area (Å²) in [5.41, 5.74) is 2.87. The Kier molecular flexibility index (Phi) is 12.2. The van der Waals surface area contributed by atoms with Crippen LogP contribution in [0.5, 0.6) is 5.75 Å². The summed E-state index contributed by atoms with van der Waals surface area (Å²) in [6.07, 6.45) is 0.149. The number of carbonyl (C=O) groups excluding carboxylic acids is 2. The van der Waals surface area contributed by atoms with Crippen molar-refractivity contribution in [3.8, 4) is 5.75 Å². The third-order valence-electron chi connectivity index (χ3n) is 9.70. The number of nitrogens with zero attached hydrogens (tertiary/aromatic N) is 2. The van der Waals surface area contributed by atoms with E-state index in [2.05, 4.69) is 23.6 Å². The van der Waals surface area contributed by atoms with Crippen molar-refractivity contribution in [3.05, 3.63) is 123 Å². The maximum atomic E-state index is 14.4. The quantitative estimate of drug-likeness (QED) is 0.0341. The van der Waals surface area contributed by atoms with Crippen molar-refractivity contribution in [3.63, 3.8) is 0 Å². The number of benzene rings is 5. The van der Waals surface area contributed by atoms with Crippen LogP contribution < -0.4 is 4.74 Å². The molecule has 1 atom stereocenters. The first-order valence-electron chi connectivity index (χ1n) is 18.0. The molecule has 5 aromatic carbocycles. The van der Waals surface area contributed by atoms with E-state index in [1.807, 2.05) is 42.5 Å². The summed E-state index contributed by atoms with van der Waals surface area (Å²) < 4.78 is 61.6. The number of ketones is 1. The third kappa shape index (κ3) is 8.21. The van der Waals surface area contributed by atoms with Crippen molar-refractivity contribution in [2.75, 3.05) is 6.61 Å². The van der Waals surface area contributed by atoms with E-state index in [0.717, 1.165) is 59.8 Å². The molecule has 1 aromatic heterocycles. The number of halogens is 6. The van der Waals surface area contributed by atoms with Crippen molar-refractivity contribution >= 4 is 73.2 Å². The van der Waals surface area contributed by atoms with Gasteiger partial charge in [0.05, 0.1) is 21.1 Å². The normalized spacial score (nSPS) is 12.9. The van der Waals surface area contributed by atoms with Crippen molar-refractivity contribution in [2.24, 2.45) is 11.1 Å². The molecule has 0 saturated heterocycles. The highest BCUT2D eigenvalue weighted by Crippen LogP contribution is 2.40. The number of ether oxygens (including phenoxy) is 1. The van der Waals surface area contributed by atoms with Crippen LogP contribution in [0.2, 0.25) is 10.0 Å². The van der Waals surface area contributed by atoms with Crippen molar-refractivity contribution in [1.82, 2.24) is 4.57 Å². The van der Waals surface area contributed by atoms with Gasteiger partial charge >= 0.3 is 18.3 Å². The Morgan fingerprint density at radius 2 is 1.53 bits per heavy atom. The molecule has 0 fully saturated rings. The van der Waals surface area contributed by atoms with Crippen molar-refractivity contribution < 1.29 is 36.7 Å². The van der Waals surface area contributed by atoms with Crippen LogP contribution in [0.1, 0.15) is 73.5 Å². The summed E-state index contributed by atoms with van der Waals surface area (Å²) >= 11 is 13.1. The standard InChI is InChI=1S/C43H38Cl2F4N2O4/c1-4-6-12-26(5-2)23-51-36-20-19-27(39(50-55-25(3)52)30-15-9-10-18-37(30)54-24-43(48,49)42(46)47)21-31(36)32-22-33(28-13-7-8-14-29(28)40(32)51)41(53)38-34(44)16-11-17-35(38)45/h7-11,13-22,26,42H,4-6,12,23-24H2,1-3H3. The second-order valence-electron chi connectivity index (χ2n) is 13.4. The molecule has 0 spiro atoms. The third-order valence-corrected chi connectivity index (χ3v) is 10.3. The van der Waals surface area contributed by atoms with Crippen molar-refractivity contribution in [2.45, 2.75) is 65.3 Å². The van der Waals surface area contributed by atoms with Gasteiger partial charge in [0.2, 0.25) is 0 Å². The van der Waals surface area contributed by atoms with Crippen molar-refractivity contribution in [1.29, 1.82) is 0 Å². The maximum absolute atomic E-state index is 14.4. The molecule has 12 heteroatoms. The van der Waals surface area contributed by atoms with E-state index in [9.17, 15) is 27.2 Å². The number of para-hydroxylation sites is 1. The summed E-state index contributed by atoms with van der Waals surface area (Å²) in [4.78, 5) is 31.5. The van der Waals surface area contributed by atoms with E-state index in [0.29, 0.717) is 29.0 Å². The Hall–Kier alpha value is -4.93. The first kappa shape index (κ1) is 39.8. The zero-order chi connectivity index (χ0) is 39.4. The number of hydrogen-bond donors (Lipinski definition) is 0. The number of aromatic nitrogens is 1. The molecular weight excluding hydrogens is 755 g/mol.